The number of carbonyl (C=O) groups is 2. The van der Waals surface area contributed by atoms with Gasteiger partial charge in [-0.1, -0.05) is 68.7 Å². The average Bonchev–Trinajstić information content (AvgIpc) is 3.79. The number of hydrogen-bond donors (Lipinski definition) is 1. The zero-order valence-electron chi connectivity index (χ0n) is 25.0. The molecule has 1 N–H and O–H groups in total. The Labute approximate surface area is 252 Å². The van der Waals surface area contributed by atoms with Crippen molar-refractivity contribution >= 4 is 17.6 Å². The SMILES string of the molecule is CCCCC1=NC2(CCCC2)C(=O)N1Cc1ccc(-c2cc(-c3ccc(C(=O)N(C)C)cc3)ccc2-c2nn[nH]n2)cc1. The monoisotopic (exact) mass is 575 g/mol. The molecule has 6 rings (SSSR count). The predicted molar refractivity (Wildman–Crippen MR) is 167 cm³/mol. The first-order valence-electron chi connectivity index (χ1n) is 15.1. The van der Waals surface area contributed by atoms with E-state index < -0.39 is 5.54 Å². The van der Waals surface area contributed by atoms with Crippen molar-refractivity contribution in [2.45, 2.75) is 64.0 Å². The molecule has 9 heteroatoms. The topological polar surface area (TPSA) is 107 Å². The van der Waals surface area contributed by atoms with Gasteiger partial charge in [0.25, 0.3) is 11.8 Å². The van der Waals surface area contributed by atoms with Gasteiger partial charge in [0.1, 0.15) is 11.4 Å². The van der Waals surface area contributed by atoms with Crippen LogP contribution >= 0.6 is 0 Å². The molecule has 2 aliphatic rings. The maximum atomic E-state index is 13.6. The van der Waals surface area contributed by atoms with Crippen LogP contribution < -0.4 is 0 Å². The second kappa shape index (κ2) is 11.9. The molecule has 0 atom stereocenters. The summed E-state index contributed by atoms with van der Waals surface area (Å²) in [5, 5.41) is 14.8. The van der Waals surface area contributed by atoms with Crippen molar-refractivity contribution < 1.29 is 9.59 Å². The summed E-state index contributed by atoms with van der Waals surface area (Å²) in [5.41, 5.74) is 6.02. The van der Waals surface area contributed by atoms with E-state index in [1.165, 1.54) is 0 Å². The van der Waals surface area contributed by atoms with E-state index in [2.05, 4.69) is 57.9 Å². The third-order valence-electron chi connectivity index (χ3n) is 8.57. The number of aromatic nitrogens is 4. The van der Waals surface area contributed by atoms with Crippen LogP contribution in [-0.2, 0) is 11.3 Å². The number of nitrogens with zero attached hydrogens (tertiary/aromatic N) is 6. The molecule has 220 valence electrons. The molecular formula is C34H37N7O2. The molecule has 43 heavy (non-hydrogen) atoms. The molecule has 4 aromatic rings. The largest absolute Gasteiger partial charge is 0.345 e. The number of aliphatic imine (C=N–C) groups is 1. The number of hydrogen-bond acceptors (Lipinski definition) is 6. The van der Waals surface area contributed by atoms with Gasteiger partial charge in [-0.2, -0.15) is 5.21 Å². The fourth-order valence-electron chi connectivity index (χ4n) is 6.17. The van der Waals surface area contributed by atoms with E-state index in [1.807, 2.05) is 41.3 Å². The third-order valence-corrected chi connectivity index (χ3v) is 8.57. The van der Waals surface area contributed by atoms with E-state index in [4.69, 9.17) is 4.99 Å². The van der Waals surface area contributed by atoms with E-state index in [1.54, 1.807) is 19.0 Å². The first-order valence-corrected chi connectivity index (χ1v) is 15.1. The minimum Gasteiger partial charge on any atom is -0.345 e. The maximum Gasteiger partial charge on any atom is 0.256 e. The lowest BCUT2D eigenvalue weighted by Crippen LogP contribution is -2.40. The van der Waals surface area contributed by atoms with Crippen LogP contribution in [0.1, 0.15) is 67.8 Å². The summed E-state index contributed by atoms with van der Waals surface area (Å²) in [7, 11) is 3.50. The molecule has 1 aliphatic carbocycles. The summed E-state index contributed by atoms with van der Waals surface area (Å²) in [5.74, 6) is 1.60. The van der Waals surface area contributed by atoms with Crippen LogP contribution in [0.4, 0.5) is 0 Å². The summed E-state index contributed by atoms with van der Waals surface area (Å²) in [6.07, 6.45) is 6.80. The number of H-pyrrole nitrogens is 1. The van der Waals surface area contributed by atoms with Crippen LogP contribution in [0.3, 0.4) is 0 Å². The van der Waals surface area contributed by atoms with Crippen molar-refractivity contribution in [1.82, 2.24) is 30.4 Å². The Morgan fingerprint density at radius 1 is 0.930 bits per heavy atom. The Morgan fingerprint density at radius 3 is 2.28 bits per heavy atom. The highest BCUT2D eigenvalue weighted by Crippen LogP contribution is 2.40. The Kier molecular flexibility index (Phi) is 7.88. The van der Waals surface area contributed by atoms with Gasteiger partial charge in [-0.15, -0.1) is 10.2 Å². The van der Waals surface area contributed by atoms with E-state index in [0.29, 0.717) is 17.9 Å². The fraction of sp³-hybridized carbons (Fsp3) is 0.353. The number of amidine groups is 1. The molecule has 2 amide bonds. The van der Waals surface area contributed by atoms with Crippen LogP contribution in [-0.4, -0.2) is 67.7 Å². The molecule has 1 aliphatic heterocycles. The van der Waals surface area contributed by atoms with Crippen molar-refractivity contribution in [3.05, 3.63) is 77.9 Å². The summed E-state index contributed by atoms with van der Waals surface area (Å²) >= 11 is 0. The molecule has 0 radical (unpaired) electrons. The van der Waals surface area contributed by atoms with Crippen molar-refractivity contribution in [2.24, 2.45) is 4.99 Å². The number of benzene rings is 3. The first kappa shape index (κ1) is 28.5. The number of nitrogens with one attached hydrogen (secondary N) is 1. The van der Waals surface area contributed by atoms with Crippen LogP contribution in [0.25, 0.3) is 33.6 Å². The Balaban J connectivity index is 1.29. The zero-order chi connectivity index (χ0) is 30.0. The second-order valence-corrected chi connectivity index (χ2v) is 11.7. The van der Waals surface area contributed by atoms with Crippen molar-refractivity contribution in [3.63, 3.8) is 0 Å². The fourth-order valence-corrected chi connectivity index (χ4v) is 6.17. The van der Waals surface area contributed by atoms with Crippen LogP contribution in [0.2, 0.25) is 0 Å². The summed E-state index contributed by atoms with van der Waals surface area (Å²) < 4.78 is 0. The van der Waals surface area contributed by atoms with Gasteiger partial charge < -0.3 is 4.90 Å². The minimum absolute atomic E-state index is 0.0300. The molecule has 1 fully saturated rings. The molecule has 1 aromatic heterocycles. The van der Waals surface area contributed by atoms with E-state index in [0.717, 1.165) is 84.2 Å². The standard InChI is InChI=1S/C34H37N7O2/c1-4-5-8-30-35-34(19-6-7-20-34)33(43)41(30)22-23-9-11-25(12-10-23)29-21-27(17-18-28(29)31-36-38-39-37-31)24-13-15-26(16-14-24)32(42)40(2)3/h9-18,21H,4-8,19-20,22H2,1-3H3,(H,36,37,38,39). The smallest absolute Gasteiger partial charge is 0.256 e. The highest BCUT2D eigenvalue weighted by Gasteiger charge is 2.49. The lowest BCUT2D eigenvalue weighted by Gasteiger charge is -2.23. The van der Waals surface area contributed by atoms with Gasteiger partial charge in [0.2, 0.25) is 5.82 Å². The molecule has 1 spiro atoms. The number of rotatable bonds is 9. The number of unbranched alkanes of at least 4 members (excludes halogenated alkanes) is 1. The molecule has 0 bridgehead atoms. The van der Waals surface area contributed by atoms with E-state index in [9.17, 15) is 9.59 Å². The molecule has 0 saturated heterocycles. The predicted octanol–water partition coefficient (Wildman–Crippen LogP) is 6.15. The van der Waals surface area contributed by atoms with Gasteiger partial charge in [0, 0.05) is 31.6 Å². The van der Waals surface area contributed by atoms with Gasteiger partial charge in [0.05, 0.1) is 6.54 Å². The third kappa shape index (κ3) is 5.59. The summed E-state index contributed by atoms with van der Waals surface area (Å²) in [4.78, 5) is 34.5. The second-order valence-electron chi connectivity index (χ2n) is 11.7. The zero-order valence-corrected chi connectivity index (χ0v) is 25.0. The van der Waals surface area contributed by atoms with Crippen LogP contribution in [0, 0.1) is 0 Å². The van der Waals surface area contributed by atoms with E-state index >= 15 is 0 Å². The van der Waals surface area contributed by atoms with Crippen LogP contribution in [0.15, 0.2) is 71.7 Å². The minimum atomic E-state index is -0.527. The normalized spacial score (nSPS) is 15.7. The number of amides is 2. The highest BCUT2D eigenvalue weighted by molar-refractivity contribution is 6.08. The lowest BCUT2D eigenvalue weighted by molar-refractivity contribution is -0.131. The van der Waals surface area contributed by atoms with Crippen LogP contribution in [0.5, 0.6) is 0 Å². The summed E-state index contributed by atoms with van der Waals surface area (Å²) in [6.45, 7) is 2.70. The maximum absolute atomic E-state index is 13.6. The Bertz CT molecular complexity index is 1640. The molecule has 9 nitrogen and oxygen atoms in total. The Hall–Kier alpha value is -4.66. The lowest BCUT2D eigenvalue weighted by atomic mass is 9.93. The number of aromatic amines is 1. The average molecular weight is 576 g/mol. The van der Waals surface area contributed by atoms with Gasteiger partial charge in [0.15, 0.2) is 0 Å². The number of tetrazole rings is 1. The molecule has 2 heterocycles. The van der Waals surface area contributed by atoms with Crippen molar-refractivity contribution in [1.29, 1.82) is 0 Å². The van der Waals surface area contributed by atoms with Gasteiger partial charge in [-0.25, -0.2) is 0 Å². The summed E-state index contributed by atoms with van der Waals surface area (Å²) in [6, 6.07) is 22.2. The highest BCUT2D eigenvalue weighted by atomic mass is 16.2. The molecule has 1 saturated carbocycles. The van der Waals surface area contributed by atoms with Gasteiger partial charge in [-0.3, -0.25) is 19.5 Å². The molecular weight excluding hydrogens is 538 g/mol. The van der Waals surface area contributed by atoms with Gasteiger partial charge >= 0.3 is 0 Å². The molecule has 3 aromatic carbocycles. The molecule has 0 unspecified atom stereocenters. The quantitative estimate of drug-likeness (QED) is 0.258. The van der Waals surface area contributed by atoms with Crippen molar-refractivity contribution in [2.75, 3.05) is 14.1 Å². The Morgan fingerprint density at radius 2 is 1.63 bits per heavy atom. The van der Waals surface area contributed by atoms with Gasteiger partial charge in [-0.05, 0) is 76.6 Å². The van der Waals surface area contributed by atoms with E-state index in [-0.39, 0.29) is 11.8 Å². The number of carbonyl (C=O) groups excluding carboxylic acids is 2. The van der Waals surface area contributed by atoms with Crippen molar-refractivity contribution in [3.8, 4) is 33.6 Å². The first-order chi connectivity index (χ1) is 20.9.